The molecule has 2 aliphatic rings. The van der Waals surface area contributed by atoms with Crippen LogP contribution in [0.15, 0.2) is 24.3 Å². The van der Waals surface area contributed by atoms with Crippen molar-refractivity contribution in [1.82, 2.24) is 30.4 Å². The number of hydrogen-bond acceptors (Lipinski definition) is 6. The summed E-state index contributed by atoms with van der Waals surface area (Å²) in [5, 5.41) is 14.9. The average Bonchev–Trinajstić information content (AvgIpc) is 3.14. The molecule has 0 spiro atoms. The largest absolute Gasteiger partial charge is 0.371 e. The van der Waals surface area contributed by atoms with Crippen molar-refractivity contribution in [1.29, 1.82) is 0 Å². The van der Waals surface area contributed by atoms with Crippen LogP contribution in [-0.2, 0) is 29.0 Å². The topological polar surface area (TPSA) is 85.2 Å². The maximum atomic E-state index is 12.5. The Labute approximate surface area is 165 Å². The molecule has 0 aliphatic carbocycles. The van der Waals surface area contributed by atoms with Crippen LogP contribution in [0.3, 0.4) is 0 Å². The van der Waals surface area contributed by atoms with Crippen molar-refractivity contribution in [3.63, 3.8) is 0 Å². The van der Waals surface area contributed by atoms with Crippen LogP contribution in [0.4, 0.5) is 0 Å². The first-order chi connectivity index (χ1) is 13.7. The van der Waals surface area contributed by atoms with Gasteiger partial charge in [-0.3, -0.25) is 9.69 Å². The number of likely N-dealkylation sites (tertiary alicyclic amines) is 1. The molecule has 1 fully saturated rings. The van der Waals surface area contributed by atoms with Crippen LogP contribution >= 0.6 is 0 Å². The molecule has 2 aromatic rings. The van der Waals surface area contributed by atoms with Gasteiger partial charge in [0, 0.05) is 6.54 Å². The van der Waals surface area contributed by atoms with Crippen LogP contribution in [0.5, 0.6) is 0 Å². The predicted molar refractivity (Wildman–Crippen MR) is 103 cm³/mol. The molecule has 2 aliphatic heterocycles. The van der Waals surface area contributed by atoms with Crippen molar-refractivity contribution < 1.29 is 9.53 Å². The highest BCUT2D eigenvalue weighted by Crippen LogP contribution is 2.26. The zero-order valence-corrected chi connectivity index (χ0v) is 16.4. The molecule has 8 heteroatoms. The van der Waals surface area contributed by atoms with E-state index in [1.807, 2.05) is 12.1 Å². The molecule has 0 bridgehead atoms. The van der Waals surface area contributed by atoms with Gasteiger partial charge in [-0.1, -0.05) is 31.2 Å². The van der Waals surface area contributed by atoms with Gasteiger partial charge in [-0.2, -0.15) is 0 Å². The number of aromatic nitrogens is 4. The third kappa shape index (κ3) is 4.56. The summed E-state index contributed by atoms with van der Waals surface area (Å²) in [6.07, 6.45) is 3.22. The van der Waals surface area contributed by atoms with E-state index in [1.54, 1.807) is 4.68 Å². The van der Waals surface area contributed by atoms with Gasteiger partial charge in [0.25, 0.3) is 0 Å². The molecule has 150 valence electrons. The molecular weight excluding hydrogens is 356 g/mol. The van der Waals surface area contributed by atoms with E-state index in [-0.39, 0.29) is 18.6 Å². The van der Waals surface area contributed by atoms with E-state index in [0.29, 0.717) is 19.7 Å². The van der Waals surface area contributed by atoms with Crippen LogP contribution in [0.1, 0.15) is 42.8 Å². The Balaban J connectivity index is 1.30. The number of amides is 1. The third-order valence-corrected chi connectivity index (χ3v) is 5.72. The fourth-order valence-electron chi connectivity index (χ4n) is 3.92. The molecule has 28 heavy (non-hydrogen) atoms. The van der Waals surface area contributed by atoms with Crippen molar-refractivity contribution in [3.8, 4) is 0 Å². The molecule has 3 heterocycles. The normalized spacial score (nSPS) is 20.7. The monoisotopic (exact) mass is 384 g/mol. The van der Waals surface area contributed by atoms with Crippen molar-refractivity contribution >= 4 is 5.91 Å². The van der Waals surface area contributed by atoms with E-state index in [9.17, 15) is 4.79 Å². The molecule has 0 saturated carbocycles. The fraction of sp³-hybridized carbons (Fsp3) is 0.600. The van der Waals surface area contributed by atoms with Gasteiger partial charge in [-0.05, 0) is 59.8 Å². The quantitative estimate of drug-likeness (QED) is 0.809. The number of fused-ring (bicyclic) bond motifs is 1. The number of piperidine rings is 1. The molecule has 1 aromatic heterocycles. The first kappa shape index (κ1) is 19.0. The lowest BCUT2D eigenvalue weighted by Gasteiger charge is -2.29. The van der Waals surface area contributed by atoms with Crippen molar-refractivity contribution in [3.05, 3.63) is 41.2 Å². The van der Waals surface area contributed by atoms with E-state index < -0.39 is 0 Å². The summed E-state index contributed by atoms with van der Waals surface area (Å²) in [5.74, 6) is 1.42. The van der Waals surface area contributed by atoms with Crippen LogP contribution in [0.25, 0.3) is 0 Å². The molecular formula is C20H28N6O2. The second-order valence-corrected chi connectivity index (χ2v) is 7.82. The Morgan fingerprint density at radius 1 is 1.29 bits per heavy atom. The second-order valence-electron chi connectivity index (χ2n) is 7.82. The Morgan fingerprint density at radius 3 is 2.96 bits per heavy atom. The van der Waals surface area contributed by atoms with Crippen molar-refractivity contribution in [2.75, 3.05) is 26.2 Å². The summed E-state index contributed by atoms with van der Waals surface area (Å²) < 4.78 is 7.45. The van der Waals surface area contributed by atoms with Crippen LogP contribution < -0.4 is 5.32 Å². The van der Waals surface area contributed by atoms with E-state index in [1.165, 1.54) is 18.4 Å². The number of rotatable bonds is 6. The molecule has 1 N–H and O–H groups in total. The lowest BCUT2D eigenvalue weighted by atomic mass is 9.97. The highest BCUT2D eigenvalue weighted by molar-refractivity contribution is 5.75. The average molecular weight is 384 g/mol. The lowest BCUT2D eigenvalue weighted by molar-refractivity contribution is -0.122. The van der Waals surface area contributed by atoms with E-state index in [4.69, 9.17) is 4.74 Å². The number of ether oxygens (including phenoxy) is 1. The maximum absolute atomic E-state index is 12.5. The molecule has 1 atom stereocenters. The molecule has 1 aromatic carbocycles. The molecule has 0 radical (unpaired) electrons. The van der Waals surface area contributed by atoms with E-state index >= 15 is 0 Å². The Kier molecular flexibility index (Phi) is 5.97. The van der Waals surface area contributed by atoms with Crippen molar-refractivity contribution in [2.45, 2.75) is 45.4 Å². The Bertz CT molecular complexity index is 799. The highest BCUT2D eigenvalue weighted by Gasteiger charge is 2.22. The molecule has 8 nitrogen and oxygen atoms in total. The van der Waals surface area contributed by atoms with Gasteiger partial charge < -0.3 is 10.1 Å². The van der Waals surface area contributed by atoms with Gasteiger partial charge in [-0.25, -0.2) is 4.68 Å². The van der Waals surface area contributed by atoms with E-state index in [2.05, 4.69) is 44.8 Å². The minimum atomic E-state index is -0.104. The summed E-state index contributed by atoms with van der Waals surface area (Å²) in [6, 6.07) is 8.25. The minimum Gasteiger partial charge on any atom is -0.371 e. The van der Waals surface area contributed by atoms with Crippen LogP contribution in [-0.4, -0.2) is 57.3 Å². The number of nitrogens with zero attached hydrogens (tertiary/aromatic N) is 5. The summed E-state index contributed by atoms with van der Waals surface area (Å²) in [7, 11) is 0. The smallest absolute Gasteiger partial charge is 0.241 e. The summed E-state index contributed by atoms with van der Waals surface area (Å²) in [5.41, 5.74) is 2.46. The molecule has 1 unspecified atom stereocenters. The second kappa shape index (κ2) is 8.79. The standard InChI is InChI=1S/C20H28N6O2/c1-15-6-9-25(10-7-15)13-19-22-23-24-26(19)14-20(27)21-12-18-17-5-3-2-4-16(17)8-11-28-18/h2-5,15,18H,6-14H2,1H3,(H,21,27). The fourth-order valence-corrected chi connectivity index (χ4v) is 3.92. The molecule has 4 rings (SSSR count). The van der Waals surface area contributed by atoms with Gasteiger partial charge in [0.2, 0.25) is 5.91 Å². The third-order valence-electron chi connectivity index (χ3n) is 5.72. The van der Waals surface area contributed by atoms with Crippen molar-refractivity contribution in [2.24, 2.45) is 5.92 Å². The number of hydrogen-bond donors (Lipinski definition) is 1. The van der Waals surface area contributed by atoms with Gasteiger partial charge in [0.05, 0.1) is 13.2 Å². The molecule has 1 amide bonds. The van der Waals surface area contributed by atoms with Gasteiger partial charge in [0.1, 0.15) is 12.6 Å². The number of carbonyl (C=O) groups excluding carboxylic acids is 1. The Morgan fingerprint density at radius 2 is 2.11 bits per heavy atom. The van der Waals surface area contributed by atoms with Gasteiger partial charge >= 0.3 is 0 Å². The Hall–Kier alpha value is -2.32. The zero-order chi connectivity index (χ0) is 19.3. The predicted octanol–water partition coefficient (Wildman–Crippen LogP) is 1.34. The van der Waals surface area contributed by atoms with Crippen LogP contribution in [0.2, 0.25) is 0 Å². The first-order valence-electron chi connectivity index (χ1n) is 10.1. The highest BCUT2D eigenvalue weighted by atomic mass is 16.5. The summed E-state index contributed by atoms with van der Waals surface area (Å²) in [6.45, 7) is 6.35. The van der Waals surface area contributed by atoms with Gasteiger partial charge in [-0.15, -0.1) is 5.10 Å². The zero-order valence-electron chi connectivity index (χ0n) is 16.4. The summed E-state index contributed by atoms with van der Waals surface area (Å²) >= 11 is 0. The van der Waals surface area contributed by atoms with Crippen LogP contribution in [0, 0.1) is 5.92 Å². The maximum Gasteiger partial charge on any atom is 0.241 e. The number of tetrazole rings is 1. The van der Waals surface area contributed by atoms with Gasteiger partial charge in [0.15, 0.2) is 5.82 Å². The number of carbonyl (C=O) groups is 1. The number of benzene rings is 1. The lowest BCUT2D eigenvalue weighted by Crippen LogP contribution is -2.36. The summed E-state index contributed by atoms with van der Waals surface area (Å²) in [4.78, 5) is 14.8. The SMILES string of the molecule is CC1CCN(Cc2nnnn2CC(=O)NCC2OCCc3ccccc32)CC1. The molecule has 1 saturated heterocycles. The number of nitrogens with one attached hydrogen (secondary N) is 1. The first-order valence-corrected chi connectivity index (χ1v) is 10.1. The van der Waals surface area contributed by atoms with E-state index in [0.717, 1.165) is 36.8 Å². The minimum absolute atomic E-state index is 0.0995.